The fourth-order valence-electron chi connectivity index (χ4n) is 3.88. The molecule has 0 spiro atoms. The van der Waals surface area contributed by atoms with Crippen LogP contribution in [0.3, 0.4) is 0 Å². The summed E-state index contributed by atoms with van der Waals surface area (Å²) < 4.78 is 0. The quantitative estimate of drug-likeness (QED) is 0.891. The van der Waals surface area contributed by atoms with Gasteiger partial charge in [-0.25, -0.2) is 4.79 Å². The summed E-state index contributed by atoms with van der Waals surface area (Å²) in [6.07, 6.45) is 4.89. The average molecular weight is 345 g/mol. The number of piperidine rings is 1. The molecule has 2 heterocycles. The molecule has 2 aliphatic rings. The first-order valence-corrected chi connectivity index (χ1v) is 9.71. The molecule has 1 aromatic carbocycles. The summed E-state index contributed by atoms with van der Waals surface area (Å²) in [6, 6.07) is 11.4. The van der Waals surface area contributed by atoms with E-state index < -0.39 is 0 Å². The van der Waals surface area contributed by atoms with Crippen molar-refractivity contribution in [2.75, 3.05) is 46.3 Å². The molecule has 0 unspecified atom stereocenters. The van der Waals surface area contributed by atoms with Gasteiger partial charge in [-0.3, -0.25) is 4.90 Å². The monoisotopic (exact) mass is 344 g/mol. The first-order chi connectivity index (χ1) is 12.2. The Morgan fingerprint density at radius 2 is 1.84 bits per heavy atom. The lowest BCUT2D eigenvalue weighted by Gasteiger charge is -2.36. The fraction of sp³-hybridized carbons (Fsp3) is 0.650. The number of amides is 2. The van der Waals surface area contributed by atoms with Crippen molar-refractivity contribution in [1.82, 2.24) is 20.0 Å². The summed E-state index contributed by atoms with van der Waals surface area (Å²) in [5, 5.41) is 3.14. The summed E-state index contributed by atoms with van der Waals surface area (Å²) in [6.45, 7) is 6.60. The van der Waals surface area contributed by atoms with E-state index in [1.807, 2.05) is 4.90 Å². The van der Waals surface area contributed by atoms with Crippen molar-refractivity contribution in [3.8, 4) is 0 Å². The number of likely N-dealkylation sites (N-methyl/N-ethyl adjacent to an activating group) is 1. The predicted octanol–water partition coefficient (Wildman–Crippen LogP) is 2.39. The molecule has 1 N–H and O–H groups in total. The normalized spacial score (nSPS) is 22.8. The number of carbonyl (C=O) groups is 1. The highest BCUT2D eigenvalue weighted by atomic mass is 16.2. The third-order valence-electron chi connectivity index (χ3n) is 5.52. The maximum absolute atomic E-state index is 12.3. The van der Waals surface area contributed by atoms with E-state index in [1.165, 1.54) is 31.4 Å². The lowest BCUT2D eigenvalue weighted by Crippen LogP contribution is -2.51. The summed E-state index contributed by atoms with van der Waals surface area (Å²) in [5.41, 5.74) is 1.39. The lowest BCUT2D eigenvalue weighted by atomic mass is 9.98. The summed E-state index contributed by atoms with van der Waals surface area (Å²) in [7, 11) is 2.11. The number of nitrogens with one attached hydrogen (secondary N) is 1. The molecule has 1 atom stereocenters. The number of piperazine rings is 1. The number of hydrogen-bond donors (Lipinski definition) is 1. The Morgan fingerprint density at radius 3 is 2.60 bits per heavy atom. The second-order valence-electron chi connectivity index (χ2n) is 7.42. The highest BCUT2D eigenvalue weighted by Gasteiger charge is 2.23. The minimum Gasteiger partial charge on any atom is -0.338 e. The molecule has 0 bridgehead atoms. The van der Waals surface area contributed by atoms with Crippen molar-refractivity contribution in [2.24, 2.45) is 0 Å². The molecule has 2 fully saturated rings. The van der Waals surface area contributed by atoms with Crippen LogP contribution in [0.15, 0.2) is 30.3 Å². The van der Waals surface area contributed by atoms with Crippen molar-refractivity contribution in [1.29, 1.82) is 0 Å². The largest absolute Gasteiger partial charge is 0.338 e. The summed E-state index contributed by atoms with van der Waals surface area (Å²) in [4.78, 5) is 19.1. The average Bonchev–Trinajstić information content (AvgIpc) is 2.64. The third-order valence-corrected chi connectivity index (χ3v) is 5.52. The van der Waals surface area contributed by atoms with Crippen LogP contribution in [-0.4, -0.2) is 73.1 Å². The highest BCUT2D eigenvalue weighted by Crippen LogP contribution is 2.21. The molecule has 0 saturated carbocycles. The topological polar surface area (TPSA) is 38.8 Å². The molecule has 2 aliphatic heterocycles. The van der Waals surface area contributed by atoms with Crippen molar-refractivity contribution in [3.63, 3.8) is 0 Å². The van der Waals surface area contributed by atoms with Gasteiger partial charge in [-0.2, -0.15) is 0 Å². The number of carbonyl (C=O) groups excluding carboxylic acids is 1. The van der Waals surface area contributed by atoms with Gasteiger partial charge in [0.05, 0.1) is 0 Å². The summed E-state index contributed by atoms with van der Waals surface area (Å²) in [5.74, 6) is 0. The fourth-order valence-corrected chi connectivity index (χ4v) is 3.88. The molecule has 5 heteroatoms. The zero-order valence-corrected chi connectivity index (χ0v) is 15.5. The van der Waals surface area contributed by atoms with Gasteiger partial charge in [-0.05, 0) is 38.4 Å². The van der Waals surface area contributed by atoms with E-state index in [1.54, 1.807) is 0 Å². The molecule has 5 nitrogen and oxygen atoms in total. The van der Waals surface area contributed by atoms with Crippen LogP contribution in [0.25, 0.3) is 0 Å². The number of benzene rings is 1. The predicted molar refractivity (Wildman–Crippen MR) is 102 cm³/mol. The molecular formula is C20H32N4O. The van der Waals surface area contributed by atoms with Crippen molar-refractivity contribution in [3.05, 3.63) is 35.9 Å². The Labute approximate surface area is 152 Å². The second kappa shape index (κ2) is 9.20. The molecule has 2 amide bonds. The standard InChI is InChI=1S/C20H32N4O/c1-22-13-15-23(16-14-22)20(25)21-11-10-19-9-5-6-12-24(19)17-18-7-3-2-4-8-18/h2-4,7-8,19H,5-6,9-17H2,1H3,(H,21,25)/t19-/m1/s1. The maximum atomic E-state index is 12.3. The van der Waals surface area contributed by atoms with Gasteiger partial charge in [0, 0.05) is 45.3 Å². The Morgan fingerprint density at radius 1 is 1.08 bits per heavy atom. The molecule has 0 aliphatic carbocycles. The first kappa shape index (κ1) is 18.2. The SMILES string of the molecule is CN1CCN(C(=O)NCC[C@H]2CCCCN2Cc2ccccc2)CC1. The minimum absolute atomic E-state index is 0.110. The zero-order chi connectivity index (χ0) is 17.5. The van der Waals surface area contributed by atoms with Crippen LogP contribution in [0, 0.1) is 0 Å². The van der Waals surface area contributed by atoms with Gasteiger partial charge in [0.2, 0.25) is 0 Å². The van der Waals surface area contributed by atoms with Gasteiger partial charge in [0.25, 0.3) is 0 Å². The maximum Gasteiger partial charge on any atom is 0.317 e. The zero-order valence-electron chi connectivity index (χ0n) is 15.5. The van der Waals surface area contributed by atoms with Gasteiger partial charge in [-0.15, -0.1) is 0 Å². The number of urea groups is 1. The minimum atomic E-state index is 0.110. The van der Waals surface area contributed by atoms with Gasteiger partial charge in [0.1, 0.15) is 0 Å². The smallest absolute Gasteiger partial charge is 0.317 e. The van der Waals surface area contributed by atoms with Gasteiger partial charge >= 0.3 is 6.03 Å². The molecule has 3 rings (SSSR count). The van der Waals surface area contributed by atoms with Gasteiger partial charge < -0.3 is 15.1 Å². The van der Waals surface area contributed by atoms with Crippen molar-refractivity contribution in [2.45, 2.75) is 38.3 Å². The molecule has 138 valence electrons. The summed E-state index contributed by atoms with van der Waals surface area (Å²) >= 11 is 0. The molecule has 0 radical (unpaired) electrons. The lowest BCUT2D eigenvalue weighted by molar-refractivity contribution is 0.129. The van der Waals surface area contributed by atoms with Gasteiger partial charge in [-0.1, -0.05) is 36.8 Å². The third kappa shape index (κ3) is 5.44. The Bertz CT molecular complexity index is 528. The molecule has 25 heavy (non-hydrogen) atoms. The Balaban J connectivity index is 1.43. The highest BCUT2D eigenvalue weighted by molar-refractivity contribution is 5.74. The molecule has 0 aromatic heterocycles. The Kier molecular flexibility index (Phi) is 6.70. The first-order valence-electron chi connectivity index (χ1n) is 9.71. The van der Waals surface area contributed by atoms with E-state index in [0.717, 1.165) is 45.7 Å². The van der Waals surface area contributed by atoms with Crippen LogP contribution in [0.4, 0.5) is 4.79 Å². The van der Waals surface area contributed by atoms with Crippen LogP contribution in [0.2, 0.25) is 0 Å². The number of rotatable bonds is 5. The van der Waals surface area contributed by atoms with E-state index in [-0.39, 0.29) is 6.03 Å². The van der Waals surface area contributed by atoms with Crippen LogP contribution < -0.4 is 5.32 Å². The van der Waals surface area contributed by atoms with Crippen LogP contribution >= 0.6 is 0 Å². The number of hydrogen-bond acceptors (Lipinski definition) is 3. The van der Waals surface area contributed by atoms with E-state index >= 15 is 0 Å². The Hall–Kier alpha value is -1.59. The molecule has 2 saturated heterocycles. The van der Waals surface area contributed by atoms with Crippen molar-refractivity contribution >= 4 is 6.03 Å². The van der Waals surface area contributed by atoms with Crippen LogP contribution in [0.5, 0.6) is 0 Å². The van der Waals surface area contributed by atoms with Crippen LogP contribution in [0.1, 0.15) is 31.2 Å². The molecular weight excluding hydrogens is 312 g/mol. The van der Waals surface area contributed by atoms with E-state index in [9.17, 15) is 4.79 Å². The van der Waals surface area contributed by atoms with Crippen molar-refractivity contribution < 1.29 is 4.79 Å². The number of nitrogens with zero attached hydrogens (tertiary/aromatic N) is 3. The van der Waals surface area contributed by atoms with Gasteiger partial charge in [0.15, 0.2) is 0 Å². The second-order valence-corrected chi connectivity index (χ2v) is 7.42. The van der Waals surface area contributed by atoms with E-state index in [4.69, 9.17) is 0 Å². The van der Waals surface area contributed by atoms with Crippen LogP contribution in [-0.2, 0) is 6.54 Å². The number of likely N-dealkylation sites (tertiary alicyclic amines) is 1. The van der Waals surface area contributed by atoms with E-state index in [2.05, 4.69) is 52.5 Å². The molecule has 1 aromatic rings. The van der Waals surface area contributed by atoms with E-state index in [0.29, 0.717) is 6.04 Å².